The first-order chi connectivity index (χ1) is 31.1. The van der Waals surface area contributed by atoms with Gasteiger partial charge in [-0.1, -0.05) is 64.1 Å². The number of fused-ring (bicyclic) bond motifs is 14. The highest BCUT2D eigenvalue weighted by molar-refractivity contribution is 6.32. The molecule has 5 bridgehead atoms. The van der Waals surface area contributed by atoms with Crippen LogP contribution in [-0.2, 0) is 28.5 Å². The minimum atomic E-state index is -2.16. The Morgan fingerprint density at radius 3 is 2.12 bits per heavy atom. The van der Waals surface area contributed by atoms with Crippen molar-refractivity contribution in [1.82, 2.24) is 10.2 Å². The lowest BCUT2D eigenvalue weighted by Gasteiger charge is -2.39. The van der Waals surface area contributed by atoms with Gasteiger partial charge in [-0.15, -0.1) is 0 Å². The summed E-state index contributed by atoms with van der Waals surface area (Å²) in [6.45, 7) is 16.3. The van der Waals surface area contributed by atoms with Gasteiger partial charge in [-0.05, 0) is 45.9 Å². The fourth-order valence-electron chi connectivity index (χ4n) is 9.18. The van der Waals surface area contributed by atoms with E-state index in [2.05, 4.69) is 5.32 Å². The van der Waals surface area contributed by atoms with Gasteiger partial charge in [0.1, 0.15) is 29.0 Å². The van der Waals surface area contributed by atoms with Crippen molar-refractivity contribution in [3.63, 3.8) is 0 Å². The fourth-order valence-corrected chi connectivity index (χ4v) is 9.18. The van der Waals surface area contributed by atoms with Gasteiger partial charge in [-0.3, -0.25) is 24.0 Å². The molecule has 16 nitrogen and oxygen atoms in total. The molecular formula is C50H60N2O14. The number of methoxy groups -OCH3 is 1. The second kappa shape index (κ2) is 19.9. The topological polar surface area (TPSA) is 214 Å². The molecule has 11 atom stereocenters. The number of hydrogen-bond acceptors (Lipinski definition) is 15. The number of carbonyl (C=O) groups is 6. The van der Waals surface area contributed by atoms with Gasteiger partial charge in [-0.25, -0.2) is 4.79 Å². The monoisotopic (exact) mass is 912 g/mol. The lowest BCUT2D eigenvalue weighted by Crippen LogP contribution is -2.49. The van der Waals surface area contributed by atoms with Gasteiger partial charge in [0.2, 0.25) is 11.6 Å². The molecule has 1 amide bonds. The number of rotatable bonds is 5. The molecule has 3 N–H and O–H groups in total. The summed E-state index contributed by atoms with van der Waals surface area (Å²) in [6.07, 6.45) is 2.47. The molecule has 2 aromatic carbocycles. The van der Waals surface area contributed by atoms with Crippen molar-refractivity contribution in [2.45, 2.75) is 112 Å². The van der Waals surface area contributed by atoms with Crippen molar-refractivity contribution < 1.29 is 67.4 Å². The Balaban J connectivity index is 1.57. The van der Waals surface area contributed by atoms with E-state index < -0.39 is 118 Å². The summed E-state index contributed by atoms with van der Waals surface area (Å²) in [4.78, 5) is 87.5. The standard InChI is InChI=1S/C50H60N2O14/c1-24-16-15-17-25(2)48(59)51-38-39(52-22-26(3)63-27(4)23-52)43(57)35-36(42(38)56)45(65-49(60)33-18-13-12-14-19-33)31(8)46-37(35)47(58)50(10,66-46)62-21-20-34(61-11)28(5)44(64-32(9)53)30(7)41(55)29(6)40(24)54/h12-21,24,26-30,34,40-41,44,54-55H,22-23H2,1-11H3,(H,51,59)/b16-15+,21-20+,25-17-/t24-,26-,27+,28+,29+,30-,34-,40-,41-,44+,50-/m0/s1. The Morgan fingerprint density at radius 1 is 0.848 bits per heavy atom. The Morgan fingerprint density at radius 2 is 1.50 bits per heavy atom. The summed E-state index contributed by atoms with van der Waals surface area (Å²) in [7, 11) is 1.42. The van der Waals surface area contributed by atoms with Crippen molar-refractivity contribution in [3.05, 3.63) is 106 Å². The van der Waals surface area contributed by atoms with E-state index in [4.69, 9.17) is 28.4 Å². The zero-order valence-electron chi connectivity index (χ0n) is 39.2. The molecule has 0 unspecified atom stereocenters. The van der Waals surface area contributed by atoms with Crippen LogP contribution < -0.4 is 14.8 Å². The van der Waals surface area contributed by atoms with Crippen LogP contribution in [0.2, 0.25) is 0 Å². The number of nitrogens with one attached hydrogen (secondary N) is 1. The van der Waals surface area contributed by atoms with Crippen LogP contribution in [0.3, 0.4) is 0 Å². The second-order valence-electron chi connectivity index (χ2n) is 17.9. The average Bonchev–Trinajstić information content (AvgIpc) is 3.54. The van der Waals surface area contributed by atoms with Crippen LogP contribution in [-0.4, -0.2) is 113 Å². The second-order valence-corrected chi connectivity index (χ2v) is 17.9. The molecule has 0 saturated carbocycles. The molecule has 0 spiro atoms. The highest BCUT2D eigenvalue weighted by atomic mass is 16.7. The third kappa shape index (κ3) is 9.64. The predicted molar refractivity (Wildman–Crippen MR) is 239 cm³/mol. The van der Waals surface area contributed by atoms with Gasteiger partial charge >= 0.3 is 17.7 Å². The van der Waals surface area contributed by atoms with Gasteiger partial charge in [0, 0.05) is 68.9 Å². The number of ether oxygens (including phenoxy) is 6. The molecule has 4 aliphatic heterocycles. The number of amides is 1. The number of aliphatic hydroxyl groups excluding tert-OH is 2. The van der Waals surface area contributed by atoms with E-state index in [9.17, 15) is 29.4 Å². The van der Waals surface area contributed by atoms with Crippen LogP contribution in [0, 0.1) is 30.6 Å². The lowest BCUT2D eigenvalue weighted by atomic mass is 9.78. The van der Waals surface area contributed by atoms with E-state index in [-0.39, 0.29) is 52.5 Å². The Bertz CT molecular complexity index is 2390. The van der Waals surface area contributed by atoms with Crippen molar-refractivity contribution in [1.29, 1.82) is 0 Å². The van der Waals surface area contributed by atoms with Crippen molar-refractivity contribution in [3.8, 4) is 11.5 Å². The number of benzene rings is 2. The fraction of sp³-hybridized carbons (Fsp3) is 0.480. The smallest absolute Gasteiger partial charge is 0.343 e. The molecule has 66 heavy (non-hydrogen) atoms. The maximum atomic E-state index is 15.4. The van der Waals surface area contributed by atoms with Crippen molar-refractivity contribution >= 4 is 35.2 Å². The molecule has 7 rings (SSSR count). The first kappa shape index (κ1) is 49.5. The molecule has 0 radical (unpaired) electrons. The molecule has 1 aliphatic carbocycles. The van der Waals surface area contributed by atoms with E-state index in [0.29, 0.717) is 0 Å². The molecule has 1 fully saturated rings. The number of carbonyl (C=O) groups excluding carboxylic acids is 6. The van der Waals surface area contributed by atoms with Crippen LogP contribution in [0.4, 0.5) is 0 Å². The summed E-state index contributed by atoms with van der Waals surface area (Å²) in [5.74, 6) is -10.1. The number of hydrogen-bond donors (Lipinski definition) is 3. The molecule has 4 heterocycles. The van der Waals surface area contributed by atoms with Crippen LogP contribution in [0.25, 0.3) is 0 Å². The van der Waals surface area contributed by atoms with Gasteiger partial charge in [-0.2, -0.15) is 0 Å². The minimum absolute atomic E-state index is 0.0269. The van der Waals surface area contributed by atoms with Crippen LogP contribution >= 0.6 is 0 Å². The van der Waals surface area contributed by atoms with Crippen LogP contribution in [0.1, 0.15) is 109 Å². The SMILES string of the molecule is CO[C@H]1/C=C/O[C@@]2(C)Oc3c(C)c(OC(=O)c4ccccc4)c4c(c3C2=O)C(=O)C(N2C[C@@H](C)O[C@@H](C)C2)=C(NC(=O)/C(C)=C\C=C\[C@H](C)[C@H](O)[C@@H](C)[C@H](O)[C@H](C)[C@H](OC(C)=O)[C@@H]1C)C4=O. The number of esters is 2. The van der Waals surface area contributed by atoms with Crippen molar-refractivity contribution in [2.24, 2.45) is 23.7 Å². The Kier molecular flexibility index (Phi) is 14.9. The first-order valence-electron chi connectivity index (χ1n) is 22.1. The third-order valence-corrected chi connectivity index (χ3v) is 12.8. The summed E-state index contributed by atoms with van der Waals surface area (Å²) in [6, 6.07) is 7.97. The third-order valence-electron chi connectivity index (χ3n) is 12.8. The molecule has 5 aliphatic rings. The van der Waals surface area contributed by atoms with Crippen LogP contribution in [0.5, 0.6) is 11.5 Å². The molecule has 354 valence electrons. The van der Waals surface area contributed by atoms with E-state index in [1.807, 2.05) is 0 Å². The summed E-state index contributed by atoms with van der Waals surface area (Å²) in [5, 5.41) is 25.7. The summed E-state index contributed by atoms with van der Waals surface area (Å²) >= 11 is 0. The number of morpholine rings is 1. The number of Topliss-reactive ketones (excluding diaryl/α,β-unsaturated/α-hetero) is 3. The quantitative estimate of drug-likeness (QED) is 0.247. The molecule has 16 heteroatoms. The number of aliphatic hydroxyl groups is 2. The van der Waals surface area contributed by atoms with Gasteiger partial charge in [0.15, 0.2) is 0 Å². The number of nitrogens with zero attached hydrogens (tertiary/aromatic N) is 1. The molecule has 0 aromatic heterocycles. The summed E-state index contributed by atoms with van der Waals surface area (Å²) in [5.41, 5.74) is -1.46. The lowest BCUT2D eigenvalue weighted by molar-refractivity contribution is -0.160. The predicted octanol–water partition coefficient (Wildman–Crippen LogP) is 5.58. The summed E-state index contributed by atoms with van der Waals surface area (Å²) < 4.78 is 35.9. The largest absolute Gasteiger partial charge is 0.462 e. The Labute approximate surface area is 384 Å². The zero-order chi connectivity index (χ0) is 48.5. The highest BCUT2D eigenvalue weighted by Gasteiger charge is 2.54. The maximum Gasteiger partial charge on any atom is 0.343 e. The van der Waals surface area contributed by atoms with Crippen LogP contribution in [0.15, 0.2) is 77.9 Å². The van der Waals surface area contributed by atoms with E-state index in [1.54, 1.807) is 76.8 Å². The maximum absolute atomic E-state index is 15.4. The van der Waals surface area contributed by atoms with E-state index in [1.165, 1.54) is 65.4 Å². The Hall–Kier alpha value is -5.94. The number of ketones is 3. The van der Waals surface area contributed by atoms with E-state index >= 15 is 9.59 Å². The van der Waals surface area contributed by atoms with Gasteiger partial charge in [0.05, 0.1) is 59.0 Å². The molecule has 1 saturated heterocycles. The minimum Gasteiger partial charge on any atom is -0.462 e. The van der Waals surface area contributed by atoms with E-state index in [0.717, 1.165) is 0 Å². The average molecular weight is 913 g/mol. The normalized spacial score (nSPS) is 32.7. The highest BCUT2D eigenvalue weighted by Crippen LogP contribution is 2.50. The van der Waals surface area contributed by atoms with Crippen molar-refractivity contribution in [2.75, 3.05) is 20.2 Å². The number of allylic oxidation sites excluding steroid dienone is 4. The van der Waals surface area contributed by atoms with Gasteiger partial charge < -0.3 is 48.9 Å². The molecule has 2 aromatic rings. The zero-order valence-corrected chi connectivity index (χ0v) is 39.2. The molecular weight excluding hydrogens is 853 g/mol. The van der Waals surface area contributed by atoms with Gasteiger partial charge in [0.25, 0.3) is 11.7 Å². The first-order valence-corrected chi connectivity index (χ1v) is 22.1.